The molecule has 0 bridgehead atoms. The average Bonchev–Trinajstić information content (AvgIpc) is 2.67. The van der Waals surface area contributed by atoms with Crippen molar-refractivity contribution in [3.63, 3.8) is 0 Å². The molecule has 0 atom stereocenters. The lowest BCUT2D eigenvalue weighted by atomic mass is 9.98. The van der Waals surface area contributed by atoms with E-state index in [1.54, 1.807) is 30.3 Å². The van der Waals surface area contributed by atoms with Crippen molar-refractivity contribution in [1.29, 1.82) is 0 Å². The number of nitrogens with zero attached hydrogens (tertiary/aromatic N) is 1. The maximum atomic E-state index is 12.6. The predicted molar refractivity (Wildman–Crippen MR) is 98.9 cm³/mol. The molecule has 2 aromatic rings. The smallest absolute Gasteiger partial charge is 0.309 e. The lowest BCUT2D eigenvalue weighted by Crippen LogP contribution is -2.40. The van der Waals surface area contributed by atoms with Crippen LogP contribution < -0.4 is 0 Å². The molecule has 138 valence electrons. The Labute approximate surface area is 154 Å². The molecule has 26 heavy (non-hydrogen) atoms. The van der Waals surface area contributed by atoms with Gasteiger partial charge in [-0.1, -0.05) is 48.0 Å². The van der Waals surface area contributed by atoms with Crippen molar-refractivity contribution in [2.24, 2.45) is 5.92 Å². The van der Waals surface area contributed by atoms with Crippen molar-refractivity contribution in [3.05, 3.63) is 65.7 Å². The zero-order valence-corrected chi connectivity index (χ0v) is 15.6. The number of hydrogen-bond acceptors (Lipinski definition) is 4. The molecule has 0 radical (unpaired) electrons. The van der Waals surface area contributed by atoms with E-state index in [1.807, 2.05) is 31.2 Å². The Morgan fingerprint density at radius 3 is 2.42 bits per heavy atom. The Balaban J connectivity index is 1.54. The summed E-state index contributed by atoms with van der Waals surface area (Å²) in [5.41, 5.74) is 2.08. The monoisotopic (exact) mass is 373 g/mol. The van der Waals surface area contributed by atoms with Crippen LogP contribution in [0.15, 0.2) is 59.5 Å². The molecule has 0 saturated carbocycles. The Morgan fingerprint density at radius 1 is 1.08 bits per heavy atom. The molecule has 1 fully saturated rings. The van der Waals surface area contributed by atoms with Crippen molar-refractivity contribution in [2.45, 2.75) is 31.3 Å². The van der Waals surface area contributed by atoms with Crippen molar-refractivity contribution in [2.75, 3.05) is 13.1 Å². The fourth-order valence-corrected chi connectivity index (χ4v) is 4.64. The van der Waals surface area contributed by atoms with Crippen LogP contribution in [0.25, 0.3) is 0 Å². The first-order chi connectivity index (χ1) is 12.5. The SMILES string of the molecule is Cc1cccc(COC(=O)C2CCN(S(=O)(=O)c3ccccc3)CC2)c1. The first kappa shape index (κ1) is 18.6. The number of ether oxygens (including phenoxy) is 1. The molecule has 1 heterocycles. The number of piperidine rings is 1. The summed E-state index contributed by atoms with van der Waals surface area (Å²) in [6, 6.07) is 16.2. The second kappa shape index (κ2) is 8.01. The van der Waals surface area contributed by atoms with E-state index in [0.717, 1.165) is 11.1 Å². The van der Waals surface area contributed by atoms with E-state index in [2.05, 4.69) is 0 Å². The molecule has 0 aliphatic carbocycles. The van der Waals surface area contributed by atoms with Gasteiger partial charge in [0.2, 0.25) is 10.0 Å². The minimum Gasteiger partial charge on any atom is -0.461 e. The average molecular weight is 373 g/mol. The van der Waals surface area contributed by atoms with E-state index in [-0.39, 0.29) is 18.5 Å². The van der Waals surface area contributed by atoms with Crippen LogP contribution in [0.3, 0.4) is 0 Å². The minimum atomic E-state index is -3.49. The third-order valence-corrected chi connectivity index (χ3v) is 6.54. The molecule has 0 spiro atoms. The molecule has 1 aliphatic rings. The van der Waals surface area contributed by atoms with Crippen molar-refractivity contribution < 1.29 is 17.9 Å². The zero-order chi connectivity index (χ0) is 18.6. The fourth-order valence-electron chi connectivity index (χ4n) is 3.15. The van der Waals surface area contributed by atoms with E-state index in [0.29, 0.717) is 30.8 Å². The number of aryl methyl sites for hydroxylation is 1. The van der Waals surface area contributed by atoms with Gasteiger partial charge in [0.1, 0.15) is 6.61 Å². The topological polar surface area (TPSA) is 63.7 Å². The van der Waals surface area contributed by atoms with Crippen LogP contribution in [-0.2, 0) is 26.2 Å². The molecular weight excluding hydrogens is 350 g/mol. The summed E-state index contributed by atoms with van der Waals surface area (Å²) in [5.74, 6) is -0.495. The van der Waals surface area contributed by atoms with E-state index in [9.17, 15) is 13.2 Å². The van der Waals surface area contributed by atoms with Gasteiger partial charge >= 0.3 is 5.97 Å². The van der Waals surface area contributed by atoms with Gasteiger partial charge in [0, 0.05) is 13.1 Å². The van der Waals surface area contributed by atoms with Gasteiger partial charge in [-0.25, -0.2) is 8.42 Å². The molecule has 1 aliphatic heterocycles. The summed E-state index contributed by atoms with van der Waals surface area (Å²) < 4.78 is 32.1. The Hall–Kier alpha value is -2.18. The van der Waals surface area contributed by atoms with Gasteiger partial charge in [0.05, 0.1) is 10.8 Å². The van der Waals surface area contributed by atoms with Crippen LogP contribution in [0.5, 0.6) is 0 Å². The molecule has 0 amide bonds. The standard InChI is InChI=1S/C20H23NO4S/c1-16-6-5-7-17(14-16)15-25-20(22)18-10-12-21(13-11-18)26(23,24)19-8-3-2-4-9-19/h2-9,14,18H,10-13,15H2,1H3. The van der Waals surface area contributed by atoms with Gasteiger partial charge in [-0.05, 0) is 37.5 Å². The van der Waals surface area contributed by atoms with E-state index in [1.165, 1.54) is 4.31 Å². The number of carbonyl (C=O) groups excluding carboxylic acids is 1. The minimum absolute atomic E-state index is 0.247. The summed E-state index contributed by atoms with van der Waals surface area (Å²) in [5, 5.41) is 0. The van der Waals surface area contributed by atoms with Crippen LogP contribution in [0.4, 0.5) is 0 Å². The maximum Gasteiger partial charge on any atom is 0.309 e. The normalized spacial score (nSPS) is 16.3. The molecular formula is C20H23NO4S. The summed E-state index contributed by atoms with van der Waals surface area (Å²) in [6.07, 6.45) is 0.970. The van der Waals surface area contributed by atoms with Crippen LogP contribution in [0.1, 0.15) is 24.0 Å². The fraction of sp³-hybridized carbons (Fsp3) is 0.350. The highest BCUT2D eigenvalue weighted by Crippen LogP contribution is 2.24. The highest BCUT2D eigenvalue weighted by molar-refractivity contribution is 7.89. The molecule has 0 unspecified atom stereocenters. The van der Waals surface area contributed by atoms with E-state index < -0.39 is 10.0 Å². The largest absolute Gasteiger partial charge is 0.461 e. The molecule has 5 nitrogen and oxygen atoms in total. The van der Waals surface area contributed by atoms with Crippen LogP contribution >= 0.6 is 0 Å². The molecule has 1 saturated heterocycles. The summed E-state index contributed by atoms with van der Waals surface area (Å²) >= 11 is 0. The number of benzene rings is 2. The molecule has 2 aromatic carbocycles. The van der Waals surface area contributed by atoms with Gasteiger partial charge < -0.3 is 4.74 Å². The van der Waals surface area contributed by atoms with Gasteiger partial charge in [0.15, 0.2) is 0 Å². The number of sulfonamides is 1. The van der Waals surface area contributed by atoms with Crippen LogP contribution in [0, 0.1) is 12.8 Å². The summed E-state index contributed by atoms with van der Waals surface area (Å²) in [7, 11) is -3.49. The van der Waals surface area contributed by atoms with Gasteiger partial charge in [-0.2, -0.15) is 4.31 Å². The van der Waals surface area contributed by atoms with Crippen molar-refractivity contribution >= 4 is 16.0 Å². The lowest BCUT2D eigenvalue weighted by Gasteiger charge is -2.30. The quantitative estimate of drug-likeness (QED) is 0.756. The summed E-state index contributed by atoms with van der Waals surface area (Å²) in [4.78, 5) is 12.6. The van der Waals surface area contributed by atoms with Crippen LogP contribution in [-0.4, -0.2) is 31.8 Å². The first-order valence-electron chi connectivity index (χ1n) is 8.74. The van der Waals surface area contributed by atoms with Gasteiger partial charge in [0.25, 0.3) is 0 Å². The van der Waals surface area contributed by atoms with E-state index >= 15 is 0 Å². The molecule has 6 heteroatoms. The number of rotatable bonds is 5. The highest BCUT2D eigenvalue weighted by atomic mass is 32.2. The first-order valence-corrected chi connectivity index (χ1v) is 10.2. The molecule has 3 rings (SSSR count). The zero-order valence-electron chi connectivity index (χ0n) is 14.8. The number of esters is 1. The van der Waals surface area contributed by atoms with Crippen molar-refractivity contribution in [1.82, 2.24) is 4.31 Å². The second-order valence-corrected chi connectivity index (χ2v) is 8.53. The van der Waals surface area contributed by atoms with Gasteiger partial charge in [-0.15, -0.1) is 0 Å². The second-order valence-electron chi connectivity index (χ2n) is 6.59. The summed E-state index contributed by atoms with van der Waals surface area (Å²) in [6.45, 7) is 2.92. The predicted octanol–water partition coefficient (Wildman–Crippen LogP) is 3.14. The third kappa shape index (κ3) is 4.31. The lowest BCUT2D eigenvalue weighted by molar-refractivity contribution is -0.151. The Morgan fingerprint density at radius 2 is 1.77 bits per heavy atom. The highest BCUT2D eigenvalue weighted by Gasteiger charge is 2.32. The molecule has 0 N–H and O–H groups in total. The third-order valence-electron chi connectivity index (χ3n) is 4.63. The van der Waals surface area contributed by atoms with Gasteiger partial charge in [-0.3, -0.25) is 4.79 Å². The number of hydrogen-bond donors (Lipinski definition) is 0. The number of carbonyl (C=O) groups is 1. The molecule has 0 aromatic heterocycles. The van der Waals surface area contributed by atoms with Crippen molar-refractivity contribution in [3.8, 4) is 0 Å². The Kier molecular flexibility index (Phi) is 5.74. The maximum absolute atomic E-state index is 12.6. The Bertz CT molecular complexity index is 856. The van der Waals surface area contributed by atoms with Crippen LogP contribution in [0.2, 0.25) is 0 Å². The van der Waals surface area contributed by atoms with E-state index in [4.69, 9.17) is 4.74 Å².